The molecule has 0 saturated heterocycles. The predicted molar refractivity (Wildman–Crippen MR) is 54.6 cm³/mol. The molecule has 1 rings (SSSR count). The van der Waals surface area contributed by atoms with E-state index in [1.54, 1.807) is 6.07 Å². The number of nitriles is 1. The predicted octanol–water partition coefficient (Wildman–Crippen LogP) is 1.58. The first-order valence-corrected chi connectivity index (χ1v) is 4.15. The molecule has 1 aromatic rings. The molecular weight excluding hydrogens is 213 g/mol. The van der Waals surface area contributed by atoms with Gasteiger partial charge in [-0.2, -0.15) is 5.26 Å². The molecule has 16 heavy (non-hydrogen) atoms. The molecule has 0 aliphatic heterocycles. The van der Waals surface area contributed by atoms with Crippen molar-refractivity contribution in [2.45, 2.75) is 6.42 Å². The van der Waals surface area contributed by atoms with Gasteiger partial charge in [-0.15, -0.1) is 0 Å². The van der Waals surface area contributed by atoms with Crippen LogP contribution in [-0.4, -0.2) is 4.92 Å². The third-order valence-electron chi connectivity index (χ3n) is 1.70. The molecule has 0 atom stereocenters. The first-order valence-electron chi connectivity index (χ1n) is 4.15. The highest BCUT2D eigenvalue weighted by molar-refractivity contribution is 5.62. The Hall–Kier alpha value is -2.60. The molecule has 2 N–H and O–H groups in total. The van der Waals surface area contributed by atoms with E-state index in [2.05, 4.69) is 11.8 Å². The van der Waals surface area contributed by atoms with Crippen LogP contribution in [0.3, 0.4) is 0 Å². The second-order valence-electron chi connectivity index (χ2n) is 2.78. The lowest BCUT2D eigenvalue weighted by Gasteiger charge is -1.99. The highest BCUT2D eigenvalue weighted by Crippen LogP contribution is 2.25. The monoisotopic (exact) mass is 219 g/mol. The van der Waals surface area contributed by atoms with Crippen molar-refractivity contribution < 1.29 is 9.31 Å². The largest absolute Gasteiger partial charge is 0.391 e. The van der Waals surface area contributed by atoms with Crippen LogP contribution in [0.1, 0.15) is 12.0 Å². The summed E-state index contributed by atoms with van der Waals surface area (Å²) in [5, 5.41) is 18.7. The molecule has 0 fully saturated rings. The maximum absolute atomic E-state index is 13.1. The van der Waals surface area contributed by atoms with E-state index in [1.165, 1.54) is 0 Å². The zero-order valence-electron chi connectivity index (χ0n) is 8.03. The lowest BCUT2D eigenvalue weighted by molar-refractivity contribution is -0.384. The minimum absolute atomic E-state index is 0.0280. The summed E-state index contributed by atoms with van der Waals surface area (Å²) in [7, 11) is 0. The quantitative estimate of drug-likeness (QED) is 0.336. The number of anilines is 1. The van der Waals surface area contributed by atoms with Gasteiger partial charge in [0.15, 0.2) is 5.82 Å². The normalized spacial score (nSPS) is 8.75. The second-order valence-corrected chi connectivity index (χ2v) is 2.78. The number of benzene rings is 1. The lowest BCUT2D eigenvalue weighted by Crippen LogP contribution is -1.99. The molecule has 0 saturated carbocycles. The van der Waals surface area contributed by atoms with Crippen LogP contribution in [-0.2, 0) is 0 Å². The van der Waals surface area contributed by atoms with E-state index in [4.69, 9.17) is 11.0 Å². The van der Waals surface area contributed by atoms with Gasteiger partial charge >= 0.3 is 0 Å². The van der Waals surface area contributed by atoms with Crippen LogP contribution in [0.4, 0.5) is 15.8 Å². The molecule has 0 aliphatic rings. The van der Waals surface area contributed by atoms with Crippen molar-refractivity contribution >= 4 is 11.4 Å². The third kappa shape index (κ3) is 2.46. The Morgan fingerprint density at radius 2 is 2.25 bits per heavy atom. The van der Waals surface area contributed by atoms with Gasteiger partial charge in [0.2, 0.25) is 0 Å². The zero-order chi connectivity index (χ0) is 12.1. The zero-order valence-corrected chi connectivity index (χ0v) is 8.03. The number of nitro groups is 1. The van der Waals surface area contributed by atoms with Gasteiger partial charge in [-0.25, -0.2) is 4.39 Å². The van der Waals surface area contributed by atoms with E-state index in [-0.39, 0.29) is 12.0 Å². The highest BCUT2D eigenvalue weighted by Gasteiger charge is 2.16. The summed E-state index contributed by atoms with van der Waals surface area (Å²) in [6.45, 7) is 0. The maximum atomic E-state index is 13.1. The Labute approximate surface area is 90.4 Å². The van der Waals surface area contributed by atoms with Crippen molar-refractivity contribution in [2.24, 2.45) is 0 Å². The van der Waals surface area contributed by atoms with Crippen molar-refractivity contribution in [2.75, 3.05) is 5.73 Å². The van der Waals surface area contributed by atoms with Crippen LogP contribution in [0.15, 0.2) is 12.1 Å². The van der Waals surface area contributed by atoms with Gasteiger partial charge in [-0.3, -0.25) is 10.1 Å². The van der Waals surface area contributed by atoms with Gasteiger partial charge in [0, 0.05) is 11.6 Å². The molecule has 0 bridgehead atoms. The summed E-state index contributed by atoms with van der Waals surface area (Å²) in [6, 6.07) is 3.84. The topological polar surface area (TPSA) is 93.0 Å². The molecule has 0 radical (unpaired) electrons. The first-order chi connectivity index (χ1) is 7.56. The summed E-state index contributed by atoms with van der Waals surface area (Å²) in [5.74, 6) is 3.97. The number of nitro benzene ring substituents is 1. The van der Waals surface area contributed by atoms with Crippen LogP contribution in [0.25, 0.3) is 0 Å². The van der Waals surface area contributed by atoms with Crippen LogP contribution in [0.2, 0.25) is 0 Å². The number of hydrogen-bond acceptors (Lipinski definition) is 4. The summed E-state index contributed by atoms with van der Waals surface area (Å²) in [6.07, 6.45) is -0.0280. The van der Waals surface area contributed by atoms with Crippen molar-refractivity contribution in [3.8, 4) is 17.9 Å². The number of halogens is 1. The highest BCUT2D eigenvalue weighted by atomic mass is 19.1. The average molecular weight is 219 g/mol. The molecular formula is C10H6FN3O2. The maximum Gasteiger partial charge on any atom is 0.296 e. The number of rotatable bonds is 1. The van der Waals surface area contributed by atoms with E-state index in [0.29, 0.717) is 0 Å². The summed E-state index contributed by atoms with van der Waals surface area (Å²) < 4.78 is 13.1. The fourth-order valence-electron chi connectivity index (χ4n) is 1.01. The number of hydrogen-bond donors (Lipinski definition) is 1. The van der Waals surface area contributed by atoms with E-state index < -0.39 is 22.1 Å². The lowest BCUT2D eigenvalue weighted by atomic mass is 10.1. The van der Waals surface area contributed by atoms with Gasteiger partial charge in [0.25, 0.3) is 5.69 Å². The second kappa shape index (κ2) is 4.76. The van der Waals surface area contributed by atoms with Crippen LogP contribution >= 0.6 is 0 Å². The molecule has 80 valence electrons. The Bertz CT molecular complexity index is 537. The smallest absolute Gasteiger partial charge is 0.296 e. The van der Waals surface area contributed by atoms with Crippen LogP contribution < -0.4 is 5.73 Å². The molecule has 6 heteroatoms. The summed E-state index contributed by atoms with van der Waals surface area (Å²) in [5.41, 5.74) is 4.26. The van der Waals surface area contributed by atoms with Gasteiger partial charge in [0.05, 0.1) is 17.4 Å². The Morgan fingerprint density at radius 1 is 1.56 bits per heavy atom. The molecule has 0 aliphatic carbocycles. The molecule has 1 aromatic carbocycles. The fourth-order valence-corrected chi connectivity index (χ4v) is 1.01. The Balaban J connectivity index is 3.22. The molecule has 0 aromatic heterocycles. The first kappa shape index (κ1) is 11.5. The van der Waals surface area contributed by atoms with Crippen molar-refractivity contribution in [1.29, 1.82) is 5.26 Å². The van der Waals surface area contributed by atoms with Gasteiger partial charge in [0.1, 0.15) is 5.69 Å². The summed E-state index contributed by atoms with van der Waals surface area (Å²) in [4.78, 5) is 9.73. The van der Waals surface area contributed by atoms with E-state index in [1.807, 2.05) is 0 Å². The SMILES string of the molecule is N#CCC#Cc1cc(F)c(N)c([N+](=O)[O-])c1. The van der Waals surface area contributed by atoms with Crippen LogP contribution in [0, 0.1) is 39.1 Å². The van der Waals surface area contributed by atoms with Gasteiger partial charge in [-0.05, 0) is 6.07 Å². The van der Waals surface area contributed by atoms with E-state index in [9.17, 15) is 14.5 Å². The molecule has 0 spiro atoms. The molecule has 0 unspecified atom stereocenters. The third-order valence-corrected chi connectivity index (χ3v) is 1.70. The average Bonchev–Trinajstić information content (AvgIpc) is 2.23. The fraction of sp³-hybridized carbons (Fsp3) is 0.100. The van der Waals surface area contributed by atoms with Crippen LogP contribution in [0.5, 0.6) is 0 Å². The van der Waals surface area contributed by atoms with Gasteiger partial charge < -0.3 is 5.73 Å². The molecule has 0 heterocycles. The van der Waals surface area contributed by atoms with Crippen molar-refractivity contribution in [3.05, 3.63) is 33.6 Å². The van der Waals surface area contributed by atoms with Crippen molar-refractivity contribution in [1.82, 2.24) is 0 Å². The molecule has 0 amide bonds. The number of nitrogens with two attached hydrogens (primary N) is 1. The van der Waals surface area contributed by atoms with Gasteiger partial charge in [-0.1, -0.05) is 11.8 Å². The molecule has 5 nitrogen and oxygen atoms in total. The van der Waals surface area contributed by atoms with Crippen molar-refractivity contribution in [3.63, 3.8) is 0 Å². The Morgan fingerprint density at radius 3 is 2.81 bits per heavy atom. The van der Waals surface area contributed by atoms with E-state index >= 15 is 0 Å². The Kier molecular flexibility index (Phi) is 3.41. The standard InChI is InChI=1S/C10H6FN3O2/c11-8-5-7(3-1-2-4-12)6-9(10(8)13)14(15)16/h5-6H,2,13H2. The number of nitrogens with zero attached hydrogens (tertiary/aromatic N) is 2. The summed E-state index contributed by atoms with van der Waals surface area (Å²) >= 11 is 0. The number of nitrogen functional groups attached to an aromatic ring is 1. The minimum Gasteiger partial charge on any atom is -0.391 e. The minimum atomic E-state index is -0.893. The van der Waals surface area contributed by atoms with E-state index in [0.717, 1.165) is 12.1 Å².